The summed E-state index contributed by atoms with van der Waals surface area (Å²) in [7, 11) is 0. The van der Waals surface area contributed by atoms with E-state index in [1.807, 2.05) is 5.57 Å². The number of hydrogen-bond donors (Lipinski definition) is 0. The van der Waals surface area contributed by atoms with Crippen molar-refractivity contribution in [1.29, 1.82) is 0 Å². The Morgan fingerprint density at radius 1 is 1.11 bits per heavy atom. The summed E-state index contributed by atoms with van der Waals surface area (Å²) in [6.45, 7) is 2.42. The van der Waals surface area contributed by atoms with Gasteiger partial charge in [-0.05, 0) is 106 Å². The van der Waals surface area contributed by atoms with E-state index in [0.717, 1.165) is 36.0 Å². The molecule has 6 fully saturated rings. The van der Waals surface area contributed by atoms with Crippen LogP contribution in [0.4, 0.5) is 0 Å². The van der Waals surface area contributed by atoms with Gasteiger partial charge in [0.05, 0.1) is 0 Å². The molecule has 0 N–H and O–H groups in total. The molecule has 0 aromatic carbocycles. The first-order valence-corrected chi connectivity index (χ1v) is 12.1. The fraction of sp³-hybridized carbons (Fsp3) is 0.880. The molecule has 0 amide bonds. The molecule has 2 nitrogen and oxygen atoms in total. The summed E-state index contributed by atoms with van der Waals surface area (Å²) in [5, 5.41) is 0. The lowest BCUT2D eigenvalue weighted by Crippen LogP contribution is -2.57. The first-order chi connectivity index (χ1) is 13.1. The molecule has 1 aliphatic heterocycles. The summed E-state index contributed by atoms with van der Waals surface area (Å²) in [6.07, 6.45) is 18.4. The van der Waals surface area contributed by atoms with E-state index >= 15 is 0 Å². The summed E-state index contributed by atoms with van der Waals surface area (Å²) >= 11 is 0. The van der Waals surface area contributed by atoms with E-state index in [2.05, 4.69) is 13.0 Å². The van der Waals surface area contributed by atoms with Crippen LogP contribution in [0.15, 0.2) is 11.6 Å². The predicted molar refractivity (Wildman–Crippen MR) is 104 cm³/mol. The zero-order valence-corrected chi connectivity index (χ0v) is 16.8. The Kier molecular flexibility index (Phi) is 2.88. The van der Waals surface area contributed by atoms with Crippen LogP contribution in [-0.4, -0.2) is 11.6 Å². The fourth-order valence-electron chi connectivity index (χ4n) is 10.1. The zero-order valence-electron chi connectivity index (χ0n) is 16.8. The summed E-state index contributed by atoms with van der Waals surface area (Å²) < 4.78 is 6.33. The third-order valence-electron chi connectivity index (χ3n) is 11.0. The molecule has 8 atom stereocenters. The van der Waals surface area contributed by atoms with E-state index < -0.39 is 0 Å². The topological polar surface area (TPSA) is 26.3 Å². The van der Waals surface area contributed by atoms with Crippen LogP contribution >= 0.6 is 0 Å². The number of ether oxygens (including phenoxy) is 1. The molecule has 2 heteroatoms. The lowest BCUT2D eigenvalue weighted by Gasteiger charge is -2.59. The third kappa shape index (κ3) is 1.71. The van der Waals surface area contributed by atoms with Crippen molar-refractivity contribution in [2.45, 2.75) is 89.6 Å². The predicted octanol–water partition coefficient (Wildman–Crippen LogP) is 5.66. The Morgan fingerprint density at radius 2 is 2.00 bits per heavy atom. The van der Waals surface area contributed by atoms with Crippen LogP contribution in [0.5, 0.6) is 0 Å². The van der Waals surface area contributed by atoms with Crippen molar-refractivity contribution >= 4 is 5.97 Å². The van der Waals surface area contributed by atoms with E-state index in [4.69, 9.17) is 4.74 Å². The Hall–Kier alpha value is -0.790. The van der Waals surface area contributed by atoms with Gasteiger partial charge in [0, 0.05) is 17.8 Å². The molecule has 146 valence electrons. The molecule has 0 bridgehead atoms. The minimum Gasteiger partial charge on any atom is -0.458 e. The average molecular weight is 367 g/mol. The molecule has 6 aliphatic carbocycles. The number of carbonyl (C=O) groups excluding carboxylic acids is 1. The second kappa shape index (κ2) is 4.85. The minimum atomic E-state index is -0.0570. The largest absolute Gasteiger partial charge is 0.458 e. The fourth-order valence-corrected chi connectivity index (χ4v) is 10.1. The maximum atomic E-state index is 12.3. The van der Waals surface area contributed by atoms with Crippen molar-refractivity contribution in [3.63, 3.8) is 0 Å². The van der Waals surface area contributed by atoms with Crippen LogP contribution in [0.25, 0.3) is 0 Å². The highest BCUT2D eigenvalue weighted by Gasteiger charge is 2.80. The number of fused-ring (bicyclic) bond motifs is 10. The van der Waals surface area contributed by atoms with Crippen molar-refractivity contribution < 1.29 is 9.53 Å². The minimum absolute atomic E-state index is 0.0570. The maximum Gasteiger partial charge on any atom is 0.306 e. The van der Waals surface area contributed by atoms with Crippen molar-refractivity contribution in [2.24, 2.45) is 46.3 Å². The van der Waals surface area contributed by atoms with Crippen molar-refractivity contribution in [2.75, 3.05) is 0 Å². The van der Waals surface area contributed by atoms with Crippen molar-refractivity contribution in [1.82, 2.24) is 0 Å². The summed E-state index contributed by atoms with van der Waals surface area (Å²) in [5.41, 5.74) is 2.81. The Labute approximate surface area is 163 Å². The monoisotopic (exact) mass is 366 g/mol. The van der Waals surface area contributed by atoms with E-state index in [0.29, 0.717) is 23.2 Å². The molecule has 7 rings (SSSR count). The van der Waals surface area contributed by atoms with Gasteiger partial charge in [0.25, 0.3) is 0 Å². The van der Waals surface area contributed by atoms with E-state index in [1.165, 1.54) is 64.2 Å². The standard InChI is InChI=1S/C25H34O2/c1-2-24-9-7-15-16-5-3-4-6-19(16)23(11-12-23)14-18(15)22(24)17-13-20(17)25(24)10-8-21(26)27-25/h6,15-18,20,22H,2-5,7-14H2,1H3/t15-,16-,17-,18-,20+,22+,24+,25+/m1/s1. The van der Waals surface area contributed by atoms with Crippen molar-refractivity contribution in [3.05, 3.63) is 11.6 Å². The van der Waals surface area contributed by atoms with E-state index in [-0.39, 0.29) is 11.6 Å². The van der Waals surface area contributed by atoms with Crippen molar-refractivity contribution in [3.8, 4) is 0 Å². The molecule has 1 saturated heterocycles. The molecule has 0 unspecified atom stereocenters. The van der Waals surface area contributed by atoms with Gasteiger partial charge in [-0.15, -0.1) is 0 Å². The number of rotatable bonds is 1. The van der Waals surface area contributed by atoms with Gasteiger partial charge in [-0.2, -0.15) is 0 Å². The van der Waals surface area contributed by atoms with Gasteiger partial charge in [0.15, 0.2) is 0 Å². The highest BCUT2D eigenvalue weighted by atomic mass is 16.6. The van der Waals surface area contributed by atoms with E-state index in [1.54, 1.807) is 0 Å². The van der Waals surface area contributed by atoms with Crippen LogP contribution < -0.4 is 0 Å². The van der Waals surface area contributed by atoms with Gasteiger partial charge < -0.3 is 4.74 Å². The molecule has 5 saturated carbocycles. The van der Waals surface area contributed by atoms with Gasteiger partial charge in [0.2, 0.25) is 0 Å². The molecule has 27 heavy (non-hydrogen) atoms. The number of carbonyl (C=O) groups is 1. The number of esters is 1. The normalized spacial score (nSPS) is 56.0. The number of hydrogen-bond acceptors (Lipinski definition) is 2. The zero-order chi connectivity index (χ0) is 18.0. The molecule has 0 radical (unpaired) electrons. The lowest BCUT2D eigenvalue weighted by molar-refractivity contribution is -0.180. The highest BCUT2D eigenvalue weighted by molar-refractivity contribution is 5.73. The Bertz CT molecular complexity index is 747. The summed E-state index contributed by atoms with van der Waals surface area (Å²) in [5.74, 6) is 5.35. The van der Waals surface area contributed by atoms with Gasteiger partial charge >= 0.3 is 5.97 Å². The van der Waals surface area contributed by atoms with Gasteiger partial charge in [0.1, 0.15) is 5.60 Å². The van der Waals surface area contributed by atoms with Crippen LogP contribution in [-0.2, 0) is 9.53 Å². The first kappa shape index (κ1) is 16.1. The molecule has 1 heterocycles. The molecule has 0 aromatic heterocycles. The summed E-state index contributed by atoms with van der Waals surface area (Å²) in [4.78, 5) is 12.3. The Morgan fingerprint density at radius 3 is 2.74 bits per heavy atom. The quantitative estimate of drug-likeness (QED) is 0.442. The van der Waals surface area contributed by atoms with Gasteiger partial charge in [-0.25, -0.2) is 0 Å². The second-order valence-corrected chi connectivity index (χ2v) is 11.5. The average Bonchev–Trinajstić information content (AvgIpc) is 3.60. The molecule has 2 spiro atoms. The molecular formula is C25H34O2. The highest BCUT2D eigenvalue weighted by Crippen LogP contribution is 2.81. The SMILES string of the molecule is CC[C@]12CC[C@H]3[C@@H](CC4(CC4)C4=CCCC[C@@H]43)[C@@H]1[C@@H]1C[C@@H]1[C@@]21CCC(=O)O1. The maximum absolute atomic E-state index is 12.3. The van der Waals surface area contributed by atoms with E-state index in [9.17, 15) is 4.79 Å². The Balaban J connectivity index is 1.33. The molecular weight excluding hydrogens is 332 g/mol. The smallest absolute Gasteiger partial charge is 0.306 e. The second-order valence-electron chi connectivity index (χ2n) is 11.5. The van der Waals surface area contributed by atoms with Crippen LogP contribution in [0.1, 0.15) is 84.0 Å². The number of allylic oxidation sites excluding steroid dienone is 2. The van der Waals surface area contributed by atoms with Gasteiger partial charge in [-0.1, -0.05) is 18.6 Å². The lowest BCUT2D eigenvalue weighted by atomic mass is 9.46. The first-order valence-electron chi connectivity index (χ1n) is 12.1. The molecule has 7 aliphatic rings. The van der Waals surface area contributed by atoms with Crippen LogP contribution in [0, 0.1) is 46.3 Å². The third-order valence-corrected chi connectivity index (χ3v) is 11.0. The molecule has 0 aromatic rings. The van der Waals surface area contributed by atoms with Crippen LogP contribution in [0.2, 0.25) is 0 Å². The summed E-state index contributed by atoms with van der Waals surface area (Å²) in [6, 6.07) is 0. The van der Waals surface area contributed by atoms with Gasteiger partial charge in [-0.3, -0.25) is 4.79 Å². The van der Waals surface area contributed by atoms with Crippen LogP contribution in [0.3, 0.4) is 0 Å².